The number of ether oxygens (including phenoxy) is 4. The molecule has 0 bridgehead atoms. The Hall–Kier alpha value is -7.82. The Morgan fingerprint density at radius 3 is 1.51 bits per heavy atom. The predicted octanol–water partition coefficient (Wildman–Crippen LogP) is -11.6. The summed E-state index contributed by atoms with van der Waals surface area (Å²) in [5.74, 6) is -12.9. The standard InChI is InChI=1S/C49H81N13O25/c1-20(42(75)58-22(3)46(79)80)57-45(78)26(9-7-8-12-51-32(69)14-53-34(71)16-55-35(72)17-54-33(70)15-52-31(68)13-50)61-30(67)11-10-27(47(81)82)62-43(76)21(2)56-44(77)23(4)84-41-37(60-25(6)66)48(83)85-29(19-64)40(41)87-49-36(59-24(5)65)39(74)38(73)28(18-63)86-49/h20-23,26-29,36-41,48-49,63-64,73-74,83H,7-19,50H2,1-6H3,(H,51,69)(H,52,68)(H,53,71)(H,54,70)(H,55,72)(H,56,77)(H,57,78)(H,58,75)(H,59,65)(H,60,66)(H,61,67)(H,62,76)(H,79,80)(H,81,82). The van der Waals surface area contributed by atoms with Crippen molar-refractivity contribution >= 4 is 82.8 Å². The van der Waals surface area contributed by atoms with E-state index in [2.05, 4.69) is 63.8 Å². The fourth-order valence-corrected chi connectivity index (χ4v) is 8.10. The lowest BCUT2D eigenvalue weighted by molar-refractivity contribution is -0.333. The molecule has 0 spiro atoms. The number of hydrogen-bond donors (Lipinski definition) is 20. The number of carboxylic acid groups (broad SMARTS) is 2. The van der Waals surface area contributed by atoms with Gasteiger partial charge in [-0.3, -0.25) is 62.3 Å². The SMILES string of the molecule is CC(=O)NC1C(OC2C(CO)OC(O)C(NC(C)=O)C2OC(C)C(=O)NC(C)C(=O)NC(CCC(=O)NC(CCCCNC(=O)CNC(=O)CNC(=O)CNC(=O)CNC(=O)CN)C(=O)NC(C)C(=O)NC(C)C(=O)O)C(=O)O)OC(CO)C(O)C1O. The Morgan fingerprint density at radius 1 is 0.506 bits per heavy atom. The van der Waals surface area contributed by atoms with Gasteiger partial charge in [0.25, 0.3) is 0 Å². The van der Waals surface area contributed by atoms with E-state index in [0.717, 1.165) is 27.7 Å². The van der Waals surface area contributed by atoms with Gasteiger partial charge in [0.15, 0.2) is 12.6 Å². The van der Waals surface area contributed by atoms with Crippen molar-refractivity contribution in [2.45, 2.75) is 171 Å². The van der Waals surface area contributed by atoms with E-state index in [1.807, 2.05) is 0 Å². The second-order valence-electron chi connectivity index (χ2n) is 20.0. The van der Waals surface area contributed by atoms with Crippen LogP contribution in [0.25, 0.3) is 0 Å². The zero-order valence-corrected chi connectivity index (χ0v) is 48.5. The van der Waals surface area contributed by atoms with E-state index in [4.69, 9.17) is 24.7 Å². The molecule has 16 atom stereocenters. The highest BCUT2D eigenvalue weighted by Crippen LogP contribution is 2.31. The normalized spacial score (nSPS) is 23.5. The number of carbonyl (C=O) groups is 14. The molecule has 2 aliphatic rings. The summed E-state index contributed by atoms with van der Waals surface area (Å²) >= 11 is 0. The number of rotatable bonds is 36. The molecule has 2 aliphatic heterocycles. The largest absolute Gasteiger partial charge is 0.480 e. The molecule has 2 heterocycles. The molecule has 2 rings (SSSR count). The minimum absolute atomic E-state index is 0.0271. The Balaban J connectivity index is 2.11. The lowest BCUT2D eigenvalue weighted by atomic mass is 9.94. The molecule has 38 nitrogen and oxygen atoms in total. The average molecular weight is 1250 g/mol. The number of nitrogens with one attached hydrogen (secondary N) is 12. The lowest BCUT2D eigenvalue weighted by Crippen LogP contribution is -2.70. The smallest absolute Gasteiger partial charge is 0.326 e. The van der Waals surface area contributed by atoms with Crippen molar-refractivity contribution in [3.63, 3.8) is 0 Å². The van der Waals surface area contributed by atoms with E-state index in [0.29, 0.717) is 0 Å². The van der Waals surface area contributed by atoms with Crippen molar-refractivity contribution in [3.05, 3.63) is 0 Å². The molecule has 38 heteroatoms. The van der Waals surface area contributed by atoms with Crippen molar-refractivity contribution in [2.75, 3.05) is 52.5 Å². The molecule has 87 heavy (non-hydrogen) atoms. The minimum atomic E-state index is -1.94. The Labute approximate surface area is 496 Å². The molecular formula is C49H81N13O25. The molecule has 2 saturated heterocycles. The number of nitrogens with two attached hydrogens (primary N) is 1. The molecule has 0 saturated carbocycles. The van der Waals surface area contributed by atoms with Crippen LogP contribution in [0.2, 0.25) is 0 Å². The first-order valence-corrected chi connectivity index (χ1v) is 27.3. The molecule has 12 amide bonds. The molecule has 0 aliphatic carbocycles. The van der Waals surface area contributed by atoms with Gasteiger partial charge in [-0.2, -0.15) is 0 Å². The molecular weight excluding hydrogens is 1170 g/mol. The minimum Gasteiger partial charge on any atom is -0.480 e. The molecule has 0 aromatic heterocycles. The molecule has 492 valence electrons. The van der Waals surface area contributed by atoms with Crippen molar-refractivity contribution in [3.8, 4) is 0 Å². The fourth-order valence-electron chi connectivity index (χ4n) is 8.10. The molecule has 0 aromatic carbocycles. The van der Waals surface area contributed by atoms with Crippen LogP contribution in [0, 0.1) is 0 Å². The number of amides is 12. The van der Waals surface area contributed by atoms with Crippen molar-refractivity contribution in [1.82, 2.24) is 63.8 Å². The number of unbranched alkanes of at least 4 members (excludes halogenated alkanes) is 1. The van der Waals surface area contributed by atoms with Gasteiger partial charge in [0.1, 0.15) is 85.0 Å². The van der Waals surface area contributed by atoms with Crippen LogP contribution < -0.4 is 69.5 Å². The van der Waals surface area contributed by atoms with Gasteiger partial charge in [0.05, 0.1) is 45.9 Å². The lowest BCUT2D eigenvalue weighted by Gasteiger charge is -2.48. The van der Waals surface area contributed by atoms with Gasteiger partial charge in [-0.15, -0.1) is 0 Å². The quantitative estimate of drug-likeness (QED) is 0.0259. The number of aliphatic hydroxyl groups excluding tert-OH is 5. The third-order valence-electron chi connectivity index (χ3n) is 12.9. The summed E-state index contributed by atoms with van der Waals surface area (Å²) in [4.78, 5) is 174. The highest BCUT2D eigenvalue weighted by molar-refractivity contribution is 5.94. The average Bonchev–Trinajstić information content (AvgIpc) is 1.07. The molecule has 0 aromatic rings. The maximum Gasteiger partial charge on any atom is 0.326 e. The topological polar surface area (TPSA) is 588 Å². The van der Waals surface area contributed by atoms with E-state index in [1.54, 1.807) is 0 Å². The molecule has 21 N–H and O–H groups in total. The van der Waals surface area contributed by atoms with Crippen LogP contribution in [-0.2, 0) is 86.1 Å². The van der Waals surface area contributed by atoms with Crippen LogP contribution in [0.3, 0.4) is 0 Å². The highest BCUT2D eigenvalue weighted by Gasteiger charge is 2.53. The summed E-state index contributed by atoms with van der Waals surface area (Å²) in [5.41, 5.74) is 5.12. The molecule has 0 radical (unpaired) electrons. The van der Waals surface area contributed by atoms with Crippen LogP contribution in [-0.4, -0.2) is 269 Å². The van der Waals surface area contributed by atoms with Gasteiger partial charge in [-0.1, -0.05) is 0 Å². The zero-order chi connectivity index (χ0) is 65.8. The van der Waals surface area contributed by atoms with Crippen molar-refractivity contribution in [1.29, 1.82) is 0 Å². The van der Waals surface area contributed by atoms with Gasteiger partial charge in [0.2, 0.25) is 70.9 Å². The number of carboxylic acids is 2. The third-order valence-corrected chi connectivity index (χ3v) is 12.9. The Kier molecular flexibility index (Phi) is 32.6. The molecule has 16 unspecified atom stereocenters. The van der Waals surface area contributed by atoms with E-state index >= 15 is 0 Å². The summed E-state index contributed by atoms with van der Waals surface area (Å²) in [7, 11) is 0. The number of carbonyl (C=O) groups excluding carboxylic acids is 12. The maximum absolute atomic E-state index is 13.6. The summed E-state index contributed by atoms with van der Waals surface area (Å²) in [6.07, 6.45) is -16.4. The first kappa shape index (κ1) is 75.3. The van der Waals surface area contributed by atoms with Gasteiger partial charge >= 0.3 is 11.9 Å². The number of hydrogen-bond acceptors (Lipinski definition) is 24. The Bertz CT molecular complexity index is 2430. The van der Waals surface area contributed by atoms with Crippen LogP contribution in [0.5, 0.6) is 0 Å². The fraction of sp³-hybridized carbons (Fsp3) is 0.714. The van der Waals surface area contributed by atoms with E-state index < -0.39 is 233 Å². The first-order valence-electron chi connectivity index (χ1n) is 27.3. The summed E-state index contributed by atoms with van der Waals surface area (Å²) < 4.78 is 23.2. The van der Waals surface area contributed by atoms with Gasteiger partial charge in [-0.05, 0) is 53.4 Å². The summed E-state index contributed by atoms with van der Waals surface area (Å²) in [5, 5.41) is 99.3. The second kappa shape index (κ2) is 37.7. The van der Waals surface area contributed by atoms with Gasteiger partial charge in [0, 0.05) is 26.8 Å². The predicted molar refractivity (Wildman–Crippen MR) is 289 cm³/mol. The highest BCUT2D eigenvalue weighted by atomic mass is 16.7. The number of aliphatic carboxylic acids is 2. The monoisotopic (exact) mass is 1250 g/mol. The van der Waals surface area contributed by atoms with Crippen LogP contribution in [0.1, 0.15) is 73.6 Å². The summed E-state index contributed by atoms with van der Waals surface area (Å²) in [6.45, 7) is 2.61. The van der Waals surface area contributed by atoms with E-state index in [1.165, 1.54) is 13.8 Å². The van der Waals surface area contributed by atoms with Crippen LogP contribution in [0.4, 0.5) is 0 Å². The van der Waals surface area contributed by atoms with E-state index in [-0.39, 0.29) is 32.4 Å². The zero-order valence-electron chi connectivity index (χ0n) is 48.5. The number of aliphatic hydroxyl groups is 5. The molecule has 2 fully saturated rings. The first-order chi connectivity index (χ1) is 40.8. The van der Waals surface area contributed by atoms with Crippen molar-refractivity contribution in [2.24, 2.45) is 5.73 Å². The van der Waals surface area contributed by atoms with Crippen molar-refractivity contribution < 1.29 is 122 Å². The van der Waals surface area contributed by atoms with Gasteiger partial charge in [-0.25, -0.2) is 4.79 Å². The Morgan fingerprint density at radius 2 is 1.00 bits per heavy atom. The van der Waals surface area contributed by atoms with Gasteiger partial charge < -0.3 is 124 Å². The summed E-state index contributed by atoms with van der Waals surface area (Å²) in [6, 6.07) is -10.6. The maximum atomic E-state index is 13.6. The van der Waals surface area contributed by atoms with E-state index in [9.17, 15) is 103 Å². The van der Waals surface area contributed by atoms with Crippen LogP contribution >= 0.6 is 0 Å². The third kappa shape index (κ3) is 26.4. The second-order valence-corrected chi connectivity index (χ2v) is 20.0. The van der Waals surface area contributed by atoms with Crippen LogP contribution in [0.15, 0.2) is 0 Å².